The molecule has 1 aromatic heterocycles. The molecule has 2 nitrogen and oxygen atoms in total. The number of benzene rings is 1. The van der Waals surface area contributed by atoms with Gasteiger partial charge in [0, 0.05) is 24.4 Å². The number of aromatic nitrogens is 1. The molecule has 0 fully saturated rings. The molecule has 0 saturated carbocycles. The Kier molecular flexibility index (Phi) is 3.81. The molecule has 2 aromatic rings. The van der Waals surface area contributed by atoms with Crippen molar-refractivity contribution in [3.05, 3.63) is 63.9 Å². The molecule has 0 spiro atoms. The van der Waals surface area contributed by atoms with Gasteiger partial charge in [0.1, 0.15) is 0 Å². The van der Waals surface area contributed by atoms with Gasteiger partial charge in [-0.05, 0) is 39.7 Å². The van der Waals surface area contributed by atoms with Crippen LogP contribution in [0.5, 0.6) is 0 Å². The van der Waals surface area contributed by atoms with Crippen LogP contribution in [0.3, 0.4) is 0 Å². The normalized spacial score (nSPS) is 10.4. The van der Waals surface area contributed by atoms with Crippen LogP contribution in [0.4, 0.5) is 8.78 Å². The summed E-state index contributed by atoms with van der Waals surface area (Å²) in [5.41, 5.74) is 0.844. The number of Topliss-reactive ketones (excluding diaryl/α,β-unsaturated/α-hetero) is 1. The molecule has 0 saturated heterocycles. The first kappa shape index (κ1) is 12.8. The van der Waals surface area contributed by atoms with E-state index in [-0.39, 0.29) is 22.2 Å². The highest BCUT2D eigenvalue weighted by Crippen LogP contribution is 2.24. The van der Waals surface area contributed by atoms with Crippen LogP contribution in [0.1, 0.15) is 15.9 Å². The van der Waals surface area contributed by atoms with Crippen molar-refractivity contribution in [2.24, 2.45) is 0 Å². The number of hydrogen-bond acceptors (Lipinski definition) is 2. The molecule has 0 N–H and O–H groups in total. The molecule has 0 aliphatic carbocycles. The van der Waals surface area contributed by atoms with Gasteiger partial charge < -0.3 is 0 Å². The van der Waals surface area contributed by atoms with E-state index in [1.807, 2.05) is 0 Å². The van der Waals surface area contributed by atoms with E-state index >= 15 is 0 Å². The van der Waals surface area contributed by atoms with Crippen molar-refractivity contribution in [3.8, 4) is 0 Å². The lowest BCUT2D eigenvalue weighted by Gasteiger charge is -2.05. The zero-order chi connectivity index (χ0) is 13.1. The molecule has 0 amide bonds. The fraction of sp³-hybridized carbons (Fsp3) is 0.0769. The van der Waals surface area contributed by atoms with Crippen LogP contribution in [-0.2, 0) is 6.42 Å². The second-order valence-electron chi connectivity index (χ2n) is 3.68. The van der Waals surface area contributed by atoms with Crippen molar-refractivity contribution in [1.29, 1.82) is 0 Å². The van der Waals surface area contributed by atoms with Crippen LogP contribution in [0.25, 0.3) is 0 Å². The Hall–Kier alpha value is -1.62. The third-order valence-electron chi connectivity index (χ3n) is 2.42. The molecule has 0 aliphatic heterocycles. The fourth-order valence-corrected chi connectivity index (χ4v) is 2.07. The van der Waals surface area contributed by atoms with E-state index in [1.165, 1.54) is 6.07 Å². The average molecular weight is 312 g/mol. The number of carbonyl (C=O) groups excluding carboxylic acids is 1. The topological polar surface area (TPSA) is 30.0 Å². The minimum Gasteiger partial charge on any atom is -0.294 e. The number of ketones is 1. The van der Waals surface area contributed by atoms with Gasteiger partial charge in [0.2, 0.25) is 0 Å². The van der Waals surface area contributed by atoms with Crippen LogP contribution >= 0.6 is 15.9 Å². The Morgan fingerprint density at radius 2 is 2.06 bits per heavy atom. The quantitative estimate of drug-likeness (QED) is 0.641. The first-order valence-electron chi connectivity index (χ1n) is 5.15. The maximum atomic E-state index is 13.3. The minimum absolute atomic E-state index is 0.0948. The first-order chi connectivity index (χ1) is 8.59. The van der Waals surface area contributed by atoms with Crippen LogP contribution in [-0.4, -0.2) is 10.8 Å². The molecule has 92 valence electrons. The van der Waals surface area contributed by atoms with E-state index in [4.69, 9.17) is 0 Å². The summed E-state index contributed by atoms with van der Waals surface area (Å²) >= 11 is 2.89. The smallest absolute Gasteiger partial charge is 0.173 e. The monoisotopic (exact) mass is 311 g/mol. The van der Waals surface area contributed by atoms with Crippen molar-refractivity contribution in [2.45, 2.75) is 6.42 Å². The Balaban J connectivity index is 2.28. The van der Waals surface area contributed by atoms with Crippen molar-refractivity contribution in [1.82, 2.24) is 4.98 Å². The lowest BCUT2D eigenvalue weighted by molar-refractivity contribution is 0.0991. The average Bonchev–Trinajstić information content (AvgIpc) is 2.37. The lowest BCUT2D eigenvalue weighted by atomic mass is 10.0. The van der Waals surface area contributed by atoms with E-state index in [1.54, 1.807) is 24.5 Å². The van der Waals surface area contributed by atoms with Crippen molar-refractivity contribution in [3.63, 3.8) is 0 Å². The summed E-state index contributed by atoms with van der Waals surface area (Å²) in [5.74, 6) is -2.33. The Bertz CT molecular complexity index is 587. The van der Waals surface area contributed by atoms with E-state index in [0.717, 1.165) is 11.6 Å². The van der Waals surface area contributed by atoms with Gasteiger partial charge in [-0.1, -0.05) is 6.07 Å². The molecule has 0 aliphatic rings. The van der Waals surface area contributed by atoms with Gasteiger partial charge in [0.15, 0.2) is 17.4 Å². The maximum absolute atomic E-state index is 13.3. The number of pyridine rings is 1. The number of rotatable bonds is 3. The second kappa shape index (κ2) is 5.35. The first-order valence-corrected chi connectivity index (χ1v) is 5.94. The van der Waals surface area contributed by atoms with Gasteiger partial charge in [-0.2, -0.15) is 0 Å². The van der Waals surface area contributed by atoms with Gasteiger partial charge in [-0.3, -0.25) is 9.78 Å². The second-order valence-corrected chi connectivity index (χ2v) is 4.48. The molecule has 18 heavy (non-hydrogen) atoms. The van der Waals surface area contributed by atoms with Gasteiger partial charge >= 0.3 is 0 Å². The number of nitrogens with zero attached hydrogens (tertiary/aromatic N) is 1. The van der Waals surface area contributed by atoms with Gasteiger partial charge in [-0.25, -0.2) is 8.78 Å². The SMILES string of the molecule is O=C(Cc1cccnc1)c1ccc(F)c(F)c1Br. The Morgan fingerprint density at radius 1 is 1.28 bits per heavy atom. The van der Waals surface area contributed by atoms with E-state index < -0.39 is 11.6 Å². The third-order valence-corrected chi connectivity index (χ3v) is 3.20. The molecule has 1 heterocycles. The summed E-state index contributed by atoms with van der Waals surface area (Å²) in [6.45, 7) is 0. The Morgan fingerprint density at radius 3 is 2.72 bits per heavy atom. The minimum atomic E-state index is -1.05. The predicted octanol–water partition coefficient (Wildman–Crippen LogP) is 3.55. The zero-order valence-corrected chi connectivity index (χ0v) is 10.7. The third kappa shape index (κ3) is 2.61. The molecule has 0 radical (unpaired) electrons. The number of hydrogen-bond donors (Lipinski definition) is 0. The number of carbonyl (C=O) groups is 1. The summed E-state index contributed by atoms with van der Waals surface area (Å²) in [6, 6.07) is 5.67. The van der Waals surface area contributed by atoms with Gasteiger partial charge in [0.05, 0.1) is 4.47 Å². The van der Waals surface area contributed by atoms with Crippen LogP contribution < -0.4 is 0 Å². The van der Waals surface area contributed by atoms with Crippen molar-refractivity contribution >= 4 is 21.7 Å². The predicted molar refractivity (Wildman–Crippen MR) is 66.3 cm³/mol. The zero-order valence-electron chi connectivity index (χ0n) is 9.16. The van der Waals surface area contributed by atoms with E-state index in [2.05, 4.69) is 20.9 Å². The lowest BCUT2D eigenvalue weighted by Crippen LogP contribution is -2.06. The largest absolute Gasteiger partial charge is 0.294 e. The Labute approximate surface area is 111 Å². The standard InChI is InChI=1S/C13H8BrF2NO/c14-12-9(3-4-10(15)13(12)16)11(18)6-8-2-1-5-17-7-8/h1-5,7H,6H2. The van der Waals surface area contributed by atoms with Crippen molar-refractivity contribution in [2.75, 3.05) is 0 Å². The van der Waals surface area contributed by atoms with E-state index in [9.17, 15) is 13.6 Å². The van der Waals surface area contributed by atoms with Crippen LogP contribution in [0.2, 0.25) is 0 Å². The molecule has 0 unspecified atom stereocenters. The highest BCUT2D eigenvalue weighted by atomic mass is 79.9. The fourth-order valence-electron chi connectivity index (χ4n) is 1.52. The molecule has 0 bridgehead atoms. The highest BCUT2D eigenvalue weighted by molar-refractivity contribution is 9.10. The summed E-state index contributed by atoms with van der Waals surface area (Å²) in [7, 11) is 0. The molecule has 0 atom stereocenters. The summed E-state index contributed by atoms with van der Waals surface area (Å²) in [6.07, 6.45) is 3.25. The number of halogens is 3. The van der Waals surface area contributed by atoms with E-state index in [0.29, 0.717) is 0 Å². The molecule has 5 heteroatoms. The summed E-state index contributed by atoms with van der Waals surface area (Å²) in [4.78, 5) is 15.8. The molecule has 1 aromatic carbocycles. The van der Waals surface area contributed by atoms with Crippen LogP contribution in [0.15, 0.2) is 41.1 Å². The van der Waals surface area contributed by atoms with Crippen LogP contribution in [0, 0.1) is 11.6 Å². The molecular formula is C13H8BrF2NO. The van der Waals surface area contributed by atoms with Gasteiger partial charge in [0.25, 0.3) is 0 Å². The summed E-state index contributed by atoms with van der Waals surface area (Å²) in [5, 5.41) is 0. The molecule has 2 rings (SSSR count). The van der Waals surface area contributed by atoms with Crippen molar-refractivity contribution < 1.29 is 13.6 Å². The summed E-state index contributed by atoms with van der Waals surface area (Å²) < 4.78 is 26.1. The molecular weight excluding hydrogens is 304 g/mol. The van der Waals surface area contributed by atoms with Gasteiger partial charge in [-0.15, -0.1) is 0 Å². The maximum Gasteiger partial charge on any atom is 0.173 e. The highest BCUT2D eigenvalue weighted by Gasteiger charge is 2.16.